The molecule has 11 heteroatoms. The molecule has 6 aliphatic rings. The molecule has 2 bridgehead atoms. The first kappa shape index (κ1) is 39.4. The van der Waals surface area contributed by atoms with E-state index in [4.69, 9.17) is 25.8 Å². The molecule has 2 saturated heterocycles. The molecule has 55 heavy (non-hydrogen) atoms. The Morgan fingerprint density at radius 1 is 1.07 bits per heavy atom. The van der Waals surface area contributed by atoms with E-state index in [1.54, 1.807) is 0 Å². The van der Waals surface area contributed by atoms with Gasteiger partial charge in [-0.05, 0) is 111 Å². The zero-order chi connectivity index (χ0) is 38.3. The van der Waals surface area contributed by atoms with Crippen LogP contribution in [0.4, 0.5) is 5.69 Å². The minimum absolute atomic E-state index is 0.0962. The summed E-state index contributed by atoms with van der Waals surface area (Å²) in [6.45, 7) is 18.2. The van der Waals surface area contributed by atoms with Gasteiger partial charge in [-0.25, -0.2) is 4.21 Å². The molecule has 1 saturated carbocycles. The van der Waals surface area contributed by atoms with Crippen molar-refractivity contribution in [3.8, 4) is 5.75 Å². The van der Waals surface area contributed by atoms with Crippen molar-refractivity contribution in [3.63, 3.8) is 0 Å². The number of nitrogens with zero attached hydrogens (tertiary/aromatic N) is 3. The molecule has 0 radical (unpaired) electrons. The van der Waals surface area contributed by atoms with Crippen molar-refractivity contribution < 1.29 is 23.2 Å². The van der Waals surface area contributed by atoms with Gasteiger partial charge in [0.25, 0.3) is 5.91 Å². The van der Waals surface area contributed by atoms with E-state index in [9.17, 15) is 9.00 Å². The zero-order valence-electron chi connectivity index (χ0n) is 33.3. The van der Waals surface area contributed by atoms with E-state index in [0.29, 0.717) is 42.6 Å². The highest BCUT2D eigenvalue weighted by molar-refractivity contribution is 7.84. The Balaban J connectivity index is 1.18. The van der Waals surface area contributed by atoms with Crippen molar-refractivity contribution in [1.82, 2.24) is 14.5 Å². The number of hydrogen-bond donors (Lipinski definition) is 1. The van der Waals surface area contributed by atoms with Gasteiger partial charge in [0.2, 0.25) is 0 Å². The lowest BCUT2D eigenvalue weighted by molar-refractivity contribution is -0.127. The average Bonchev–Trinajstić information content (AvgIpc) is 3.28. The normalized spacial score (nSPS) is 34.1. The van der Waals surface area contributed by atoms with Gasteiger partial charge < -0.3 is 19.1 Å². The number of fused-ring (bicyclic) bond motifs is 4. The molecule has 1 amide bonds. The Kier molecular flexibility index (Phi) is 11.7. The van der Waals surface area contributed by atoms with Gasteiger partial charge >= 0.3 is 0 Å². The molecule has 6 unspecified atom stereocenters. The molecule has 4 aliphatic heterocycles. The third-order valence-corrected chi connectivity index (χ3v) is 15.5. The lowest BCUT2D eigenvalue weighted by Crippen LogP contribution is -2.61. The number of carbonyl (C=O) groups is 1. The number of benzene rings is 2. The Morgan fingerprint density at radius 2 is 1.89 bits per heavy atom. The van der Waals surface area contributed by atoms with Crippen molar-refractivity contribution in [3.05, 3.63) is 70.3 Å². The van der Waals surface area contributed by atoms with Crippen LogP contribution in [0.1, 0.15) is 81.3 Å². The number of carbonyl (C=O) groups excluding carboxylic acids is 1. The molecule has 1 N–H and O–H groups in total. The van der Waals surface area contributed by atoms with Crippen LogP contribution >= 0.6 is 11.6 Å². The maximum atomic E-state index is 13.7. The second-order valence-electron chi connectivity index (χ2n) is 17.9. The summed E-state index contributed by atoms with van der Waals surface area (Å²) in [6.07, 6.45) is 10.8. The number of aryl methyl sites for hydroxylation is 1. The SMILES string of the molecule is CC(C)CO[C@@]1(CN2CCN(C3COC3)CC2)/C=C/CC(C)C(C)S(=O)NC(=O)c2ccc3c(c2)N(CC2CCC21)CC1(CCCc2cc(Cl)ccc21)CO3. The van der Waals surface area contributed by atoms with Gasteiger partial charge in [-0.1, -0.05) is 50.6 Å². The summed E-state index contributed by atoms with van der Waals surface area (Å²) in [5, 5.41) is 0.546. The van der Waals surface area contributed by atoms with Gasteiger partial charge in [-0.15, -0.1) is 0 Å². The second-order valence-corrected chi connectivity index (χ2v) is 19.9. The average molecular weight is 794 g/mol. The maximum absolute atomic E-state index is 13.7. The predicted molar refractivity (Wildman–Crippen MR) is 221 cm³/mol. The van der Waals surface area contributed by atoms with Gasteiger partial charge in [0.15, 0.2) is 0 Å². The Hall–Kier alpha value is -2.47. The smallest absolute Gasteiger partial charge is 0.263 e. The standard InChI is InChI=1S/C44H61ClN4O5S/c1-30(2)24-54-44(28-47-17-19-48(20-18-47)37-25-52-26-37)16-5-7-31(3)32(4)55(51)46-42(50)34-10-14-41-40(22-34)49(23-35-9-12-39(35)44)27-43(29-53-41)15-6-8-33-21-36(45)11-13-38(33)43/h5,10-11,13-14,16,21-22,30-32,35,37,39H,6-9,12,15,17-20,23-29H2,1-4H3,(H,46,50)/b16-5+/t31?,32?,35?,39?,43?,44-,55?/m1/s1. The summed E-state index contributed by atoms with van der Waals surface area (Å²) in [6, 6.07) is 12.7. The lowest BCUT2D eigenvalue weighted by atomic mass is 9.63. The number of ether oxygens (including phenoxy) is 3. The van der Waals surface area contributed by atoms with Crippen molar-refractivity contribution in [2.24, 2.45) is 23.7 Å². The summed E-state index contributed by atoms with van der Waals surface area (Å²) in [5.41, 5.74) is 3.41. The fourth-order valence-corrected chi connectivity index (χ4v) is 11.2. The summed E-state index contributed by atoms with van der Waals surface area (Å²) < 4.78 is 36.1. The molecule has 4 heterocycles. The predicted octanol–water partition coefficient (Wildman–Crippen LogP) is 6.65. The fraction of sp³-hybridized carbons (Fsp3) is 0.659. The van der Waals surface area contributed by atoms with Crippen LogP contribution in [0, 0.1) is 23.7 Å². The highest BCUT2D eigenvalue weighted by Gasteiger charge is 2.50. The minimum Gasteiger partial charge on any atom is -0.490 e. The molecule has 9 nitrogen and oxygen atoms in total. The summed E-state index contributed by atoms with van der Waals surface area (Å²) >= 11 is 6.55. The number of piperazine rings is 1. The molecular weight excluding hydrogens is 732 g/mol. The van der Waals surface area contributed by atoms with Crippen molar-refractivity contribution in [1.29, 1.82) is 0 Å². The van der Waals surface area contributed by atoms with Crippen molar-refractivity contribution in [2.75, 3.05) is 77.1 Å². The lowest BCUT2D eigenvalue weighted by Gasteiger charge is -2.53. The molecule has 300 valence electrons. The number of hydrogen-bond acceptors (Lipinski definition) is 8. The molecule has 3 fully saturated rings. The van der Waals surface area contributed by atoms with E-state index >= 15 is 0 Å². The highest BCUT2D eigenvalue weighted by Crippen LogP contribution is 2.49. The molecule has 0 aromatic heterocycles. The molecule has 7 atom stereocenters. The largest absolute Gasteiger partial charge is 0.490 e. The third kappa shape index (κ3) is 8.15. The summed E-state index contributed by atoms with van der Waals surface area (Å²) in [4.78, 5) is 21.5. The van der Waals surface area contributed by atoms with E-state index < -0.39 is 16.6 Å². The van der Waals surface area contributed by atoms with Crippen LogP contribution in [-0.2, 0) is 32.3 Å². The van der Waals surface area contributed by atoms with Crippen LogP contribution in [0.2, 0.25) is 5.02 Å². The monoisotopic (exact) mass is 792 g/mol. The fourth-order valence-electron chi connectivity index (χ4n) is 9.98. The van der Waals surface area contributed by atoms with Gasteiger partial charge in [-0.3, -0.25) is 19.3 Å². The second kappa shape index (κ2) is 16.4. The number of amides is 1. The molecule has 2 aliphatic carbocycles. The highest BCUT2D eigenvalue weighted by atomic mass is 35.5. The van der Waals surface area contributed by atoms with Crippen molar-refractivity contribution in [2.45, 2.75) is 88.5 Å². The van der Waals surface area contributed by atoms with Crippen LogP contribution in [0.5, 0.6) is 5.75 Å². The van der Waals surface area contributed by atoms with Gasteiger partial charge in [0.1, 0.15) is 22.3 Å². The Morgan fingerprint density at radius 3 is 2.62 bits per heavy atom. The molecule has 2 aromatic rings. The number of anilines is 1. The van der Waals surface area contributed by atoms with Crippen LogP contribution < -0.4 is 14.4 Å². The number of nitrogens with one attached hydrogen (secondary N) is 1. The van der Waals surface area contributed by atoms with Crippen LogP contribution in [0.3, 0.4) is 0 Å². The van der Waals surface area contributed by atoms with E-state index in [2.05, 4.69) is 64.5 Å². The first-order valence-corrected chi connectivity index (χ1v) is 22.5. The van der Waals surface area contributed by atoms with E-state index in [0.717, 1.165) is 114 Å². The van der Waals surface area contributed by atoms with E-state index in [-0.39, 0.29) is 22.5 Å². The van der Waals surface area contributed by atoms with Gasteiger partial charge in [0, 0.05) is 61.8 Å². The molecule has 1 spiro atoms. The quantitative estimate of drug-likeness (QED) is 0.326. The van der Waals surface area contributed by atoms with Crippen LogP contribution in [0.25, 0.3) is 0 Å². The molecular formula is C44H61ClN4O5S. The summed E-state index contributed by atoms with van der Waals surface area (Å²) in [7, 11) is -1.55. The van der Waals surface area contributed by atoms with Crippen LogP contribution in [0.15, 0.2) is 48.6 Å². The molecule has 2 aromatic carbocycles. The van der Waals surface area contributed by atoms with Gasteiger partial charge in [-0.2, -0.15) is 0 Å². The minimum atomic E-state index is -1.55. The Bertz CT molecular complexity index is 1760. The van der Waals surface area contributed by atoms with Gasteiger partial charge in [0.05, 0.1) is 43.4 Å². The number of rotatable bonds is 6. The topological polar surface area (TPSA) is 83.6 Å². The maximum Gasteiger partial charge on any atom is 0.263 e. The zero-order valence-corrected chi connectivity index (χ0v) is 34.8. The third-order valence-electron chi connectivity index (χ3n) is 13.7. The van der Waals surface area contributed by atoms with E-state index in [1.165, 1.54) is 11.1 Å². The first-order valence-electron chi connectivity index (χ1n) is 20.9. The number of halogens is 1. The molecule has 8 rings (SSSR count). The first-order chi connectivity index (χ1) is 26.5. The Labute approximate surface area is 336 Å². The summed E-state index contributed by atoms with van der Waals surface area (Å²) in [5.74, 6) is 1.69. The van der Waals surface area contributed by atoms with E-state index in [1.807, 2.05) is 31.2 Å². The van der Waals surface area contributed by atoms with Crippen LogP contribution in [-0.4, -0.2) is 109 Å². The van der Waals surface area contributed by atoms with Crippen molar-refractivity contribution >= 4 is 34.2 Å². The number of allylic oxidation sites excluding steroid dienone is 1.